The minimum Gasteiger partial charge on any atom is -0.497 e. The molecular weight excluding hydrogens is 188 g/mol. The summed E-state index contributed by atoms with van der Waals surface area (Å²) in [6, 6.07) is 4.36. The smallest absolute Gasteiger partial charge is 0.119 e. The van der Waals surface area contributed by atoms with Gasteiger partial charge < -0.3 is 9.47 Å². The van der Waals surface area contributed by atoms with Crippen LogP contribution in [0, 0.1) is 0 Å². The van der Waals surface area contributed by atoms with Gasteiger partial charge in [0, 0.05) is 0 Å². The fraction of sp³-hybridized carbons (Fsp3) is 0.538. The van der Waals surface area contributed by atoms with Crippen LogP contribution in [0.15, 0.2) is 12.1 Å². The van der Waals surface area contributed by atoms with Crippen LogP contribution in [0.2, 0.25) is 0 Å². The van der Waals surface area contributed by atoms with Gasteiger partial charge in [0.25, 0.3) is 0 Å². The lowest BCUT2D eigenvalue weighted by Crippen LogP contribution is -2.21. The maximum atomic E-state index is 5.82. The molecule has 0 fully saturated rings. The number of ether oxygens (including phenoxy) is 2. The van der Waals surface area contributed by atoms with Crippen molar-refractivity contribution in [3.05, 3.63) is 28.8 Å². The fourth-order valence-electron chi connectivity index (χ4n) is 2.79. The predicted molar refractivity (Wildman–Crippen MR) is 58.3 cm³/mol. The molecular formula is C13H16O2. The average Bonchev–Trinajstić information content (AvgIpc) is 2.29. The Morgan fingerprint density at radius 3 is 2.87 bits per heavy atom. The molecule has 2 heteroatoms. The second kappa shape index (κ2) is 3.53. The molecule has 1 atom stereocenters. The Morgan fingerprint density at radius 1 is 1.27 bits per heavy atom. The number of hydrogen-bond acceptors (Lipinski definition) is 2. The minimum absolute atomic E-state index is 0.364. The van der Waals surface area contributed by atoms with Gasteiger partial charge in [0.2, 0.25) is 0 Å². The van der Waals surface area contributed by atoms with Crippen molar-refractivity contribution in [3.8, 4) is 5.75 Å². The molecule has 0 bridgehead atoms. The van der Waals surface area contributed by atoms with Crippen LogP contribution in [-0.4, -0.2) is 13.7 Å². The zero-order valence-electron chi connectivity index (χ0n) is 9.08. The van der Waals surface area contributed by atoms with Crippen molar-refractivity contribution >= 4 is 0 Å². The van der Waals surface area contributed by atoms with Crippen LogP contribution in [0.25, 0.3) is 0 Å². The highest BCUT2D eigenvalue weighted by molar-refractivity contribution is 5.45. The first-order valence-electron chi connectivity index (χ1n) is 5.70. The molecule has 1 aromatic rings. The van der Waals surface area contributed by atoms with Gasteiger partial charge in [-0.3, -0.25) is 0 Å². The molecule has 0 saturated carbocycles. The number of aryl methyl sites for hydroxylation is 1. The summed E-state index contributed by atoms with van der Waals surface area (Å²) < 4.78 is 11.2. The van der Waals surface area contributed by atoms with Gasteiger partial charge >= 0.3 is 0 Å². The van der Waals surface area contributed by atoms with E-state index in [-0.39, 0.29) is 0 Å². The van der Waals surface area contributed by atoms with Crippen molar-refractivity contribution < 1.29 is 9.47 Å². The lowest BCUT2D eigenvalue weighted by atomic mass is 9.83. The summed E-state index contributed by atoms with van der Waals surface area (Å²) in [5, 5.41) is 0. The van der Waals surface area contributed by atoms with Crippen molar-refractivity contribution in [1.29, 1.82) is 0 Å². The molecule has 1 aliphatic carbocycles. The normalized spacial score (nSPS) is 23.4. The summed E-state index contributed by atoms with van der Waals surface area (Å²) in [5.41, 5.74) is 4.36. The maximum Gasteiger partial charge on any atom is 0.119 e. The summed E-state index contributed by atoms with van der Waals surface area (Å²) in [4.78, 5) is 0. The van der Waals surface area contributed by atoms with E-state index in [0.717, 1.165) is 18.8 Å². The van der Waals surface area contributed by atoms with Crippen LogP contribution < -0.4 is 4.74 Å². The Balaban J connectivity index is 2.15. The molecule has 0 spiro atoms. The Labute approximate surface area is 90.2 Å². The third-order valence-electron chi connectivity index (χ3n) is 3.49. The van der Waals surface area contributed by atoms with Crippen molar-refractivity contribution in [2.45, 2.75) is 31.8 Å². The molecule has 0 aromatic heterocycles. The van der Waals surface area contributed by atoms with Gasteiger partial charge in [0.05, 0.1) is 19.8 Å². The van der Waals surface area contributed by atoms with Crippen LogP contribution >= 0.6 is 0 Å². The first kappa shape index (κ1) is 9.22. The Bertz CT molecular complexity index is 353. The molecule has 2 nitrogen and oxygen atoms in total. The third-order valence-corrected chi connectivity index (χ3v) is 3.49. The van der Waals surface area contributed by atoms with Crippen LogP contribution in [-0.2, 0) is 17.6 Å². The number of benzene rings is 1. The van der Waals surface area contributed by atoms with Crippen LogP contribution in [0.1, 0.15) is 35.6 Å². The molecule has 1 aliphatic heterocycles. The first-order valence-corrected chi connectivity index (χ1v) is 5.70. The van der Waals surface area contributed by atoms with Crippen LogP contribution in [0.4, 0.5) is 0 Å². The molecule has 15 heavy (non-hydrogen) atoms. The zero-order chi connectivity index (χ0) is 10.3. The molecule has 80 valence electrons. The van der Waals surface area contributed by atoms with E-state index < -0.39 is 0 Å². The maximum absolute atomic E-state index is 5.82. The second-order valence-electron chi connectivity index (χ2n) is 4.36. The molecule has 1 unspecified atom stereocenters. The van der Waals surface area contributed by atoms with Gasteiger partial charge in [-0.1, -0.05) is 0 Å². The van der Waals surface area contributed by atoms with Gasteiger partial charge in [-0.25, -0.2) is 0 Å². The Morgan fingerprint density at radius 2 is 2.07 bits per heavy atom. The highest BCUT2D eigenvalue weighted by Crippen LogP contribution is 2.39. The molecule has 0 radical (unpaired) electrons. The lowest BCUT2D eigenvalue weighted by molar-refractivity contribution is 0.0303. The summed E-state index contributed by atoms with van der Waals surface area (Å²) in [5.74, 6) is 1.01. The molecule has 3 rings (SSSR count). The van der Waals surface area contributed by atoms with Crippen molar-refractivity contribution in [1.82, 2.24) is 0 Å². The van der Waals surface area contributed by atoms with E-state index in [2.05, 4.69) is 12.1 Å². The second-order valence-corrected chi connectivity index (χ2v) is 4.36. The van der Waals surface area contributed by atoms with E-state index >= 15 is 0 Å². The van der Waals surface area contributed by atoms with Gasteiger partial charge in [-0.15, -0.1) is 0 Å². The lowest BCUT2D eigenvalue weighted by Gasteiger charge is -2.32. The van der Waals surface area contributed by atoms with E-state index in [0.29, 0.717) is 6.10 Å². The predicted octanol–water partition coefficient (Wildman–Crippen LogP) is 2.65. The van der Waals surface area contributed by atoms with E-state index in [1.54, 1.807) is 7.11 Å². The van der Waals surface area contributed by atoms with Crippen molar-refractivity contribution in [2.24, 2.45) is 0 Å². The van der Waals surface area contributed by atoms with Crippen LogP contribution in [0.5, 0.6) is 5.75 Å². The standard InChI is InChI=1S/C13H16O2/c1-14-11-7-9-3-2-4-12-13(9)10(8-11)5-6-15-12/h7-8,12H,2-6H2,1H3. The summed E-state index contributed by atoms with van der Waals surface area (Å²) in [7, 11) is 1.74. The Hall–Kier alpha value is -1.02. The summed E-state index contributed by atoms with van der Waals surface area (Å²) in [6.07, 6.45) is 5.01. The van der Waals surface area contributed by atoms with Crippen molar-refractivity contribution in [2.75, 3.05) is 13.7 Å². The quantitative estimate of drug-likeness (QED) is 0.700. The molecule has 1 aromatic carbocycles. The average molecular weight is 204 g/mol. The zero-order valence-corrected chi connectivity index (χ0v) is 9.08. The van der Waals surface area contributed by atoms with E-state index in [1.165, 1.54) is 36.0 Å². The summed E-state index contributed by atoms with van der Waals surface area (Å²) >= 11 is 0. The van der Waals surface area contributed by atoms with E-state index in [1.807, 2.05) is 0 Å². The van der Waals surface area contributed by atoms with Gasteiger partial charge in [-0.2, -0.15) is 0 Å². The van der Waals surface area contributed by atoms with Crippen molar-refractivity contribution in [3.63, 3.8) is 0 Å². The topological polar surface area (TPSA) is 18.5 Å². The van der Waals surface area contributed by atoms with Gasteiger partial charge in [0.1, 0.15) is 5.75 Å². The SMILES string of the molecule is COc1cc2c3c(c1)CCOC3CCC2. The largest absolute Gasteiger partial charge is 0.497 e. The highest BCUT2D eigenvalue weighted by Gasteiger charge is 2.27. The van der Waals surface area contributed by atoms with E-state index in [4.69, 9.17) is 9.47 Å². The monoisotopic (exact) mass is 204 g/mol. The van der Waals surface area contributed by atoms with Gasteiger partial charge in [-0.05, 0) is 54.5 Å². The first-order chi connectivity index (χ1) is 7.38. The van der Waals surface area contributed by atoms with Crippen LogP contribution in [0.3, 0.4) is 0 Å². The minimum atomic E-state index is 0.364. The number of rotatable bonds is 1. The fourth-order valence-corrected chi connectivity index (χ4v) is 2.79. The molecule has 0 N–H and O–H groups in total. The van der Waals surface area contributed by atoms with Gasteiger partial charge in [0.15, 0.2) is 0 Å². The number of hydrogen-bond donors (Lipinski definition) is 0. The molecule has 0 amide bonds. The molecule has 1 heterocycles. The summed E-state index contributed by atoms with van der Waals surface area (Å²) in [6.45, 7) is 0.865. The molecule has 2 aliphatic rings. The Kier molecular flexibility index (Phi) is 2.17. The third kappa shape index (κ3) is 1.44. The number of methoxy groups -OCH3 is 1. The van der Waals surface area contributed by atoms with E-state index in [9.17, 15) is 0 Å². The highest BCUT2D eigenvalue weighted by atomic mass is 16.5. The molecule has 0 saturated heterocycles.